The number of nitriles is 1. The van der Waals surface area contributed by atoms with Crippen LogP contribution in [0.5, 0.6) is 0 Å². The Morgan fingerprint density at radius 1 is 0.605 bits per heavy atom. The molecule has 0 aliphatic rings. The number of thioether (sulfide) groups is 2. The quantitative estimate of drug-likeness (QED) is 0.0411. The first-order valence-corrected chi connectivity index (χ1v) is 25.6. The number of halogens is 6. The van der Waals surface area contributed by atoms with Gasteiger partial charge in [0.25, 0.3) is 23.6 Å². The molecule has 0 aliphatic carbocycles. The minimum Gasteiger partial charge on any atom is -0.512 e. The van der Waals surface area contributed by atoms with Crippen molar-refractivity contribution in [3.63, 3.8) is 0 Å². The van der Waals surface area contributed by atoms with Gasteiger partial charge in [0.2, 0.25) is 0 Å². The van der Waals surface area contributed by atoms with Crippen LogP contribution < -0.4 is 21.3 Å². The number of amides is 4. The second-order valence-electron chi connectivity index (χ2n) is 17.4. The molecule has 6 rings (SSSR count). The molecule has 6 aromatic rings. The Morgan fingerprint density at radius 2 is 1.00 bits per heavy atom. The maximum atomic E-state index is 13.2. The summed E-state index contributed by atoms with van der Waals surface area (Å²) in [5.74, 6) is -0.379. The standard InChI is InChI=1S/C26H26F3N5O2S.C26H29F3N4O2S.CN.Cu/c1-15-10-18(13-34-17(3)11-22(33-34)26(27,28)29)8-9-21(15)32-24(35)20-7-5-6-19(12-30)23(20)25(36)31-16(2)14-37-4;1-15-7-6-8-20(23(15)25(35)30-17(3)14-36-5)24(34)31-21-10-9-19(11-16(21)2)13-33-18(4)12-22(32-33)26(27,28)29;1-2;/h5-11,16H,13-14H2,1-4H3,(H,31,36)(H,32,35);6-12,17H,13-14H2,1-5H3,(H,30,35)(H,31,34);;/q;;-1;+1/t16-;17-;;/m00../s1. The van der Waals surface area contributed by atoms with Crippen LogP contribution in [0.2, 0.25) is 0 Å². The van der Waals surface area contributed by atoms with Gasteiger partial charge in [-0.3, -0.25) is 28.5 Å². The second-order valence-corrected chi connectivity index (χ2v) is 19.2. The summed E-state index contributed by atoms with van der Waals surface area (Å²) < 4.78 is 80.3. The maximum Gasteiger partial charge on any atom is 1.00 e. The third kappa shape index (κ3) is 17.0. The summed E-state index contributed by atoms with van der Waals surface area (Å²) in [5.41, 5.74) is 4.16. The summed E-state index contributed by atoms with van der Waals surface area (Å²) in [6.07, 6.45) is -5.16. The fraction of sp³-hybridized carbons (Fsp3) is 0.321. The first kappa shape index (κ1) is 63.3. The van der Waals surface area contributed by atoms with Crippen LogP contribution in [-0.4, -0.2) is 79.3 Å². The fourth-order valence-corrected chi connectivity index (χ4v) is 8.85. The van der Waals surface area contributed by atoms with E-state index in [0.717, 1.165) is 29.0 Å². The van der Waals surface area contributed by atoms with E-state index in [1.165, 1.54) is 27.6 Å². The fourth-order valence-electron chi connectivity index (χ4n) is 7.68. The Hall–Kier alpha value is -7.04. The maximum absolute atomic E-state index is 13.2. The average molecular weight is 1140 g/mol. The van der Waals surface area contributed by atoms with Crippen LogP contribution in [0.4, 0.5) is 37.7 Å². The van der Waals surface area contributed by atoms with E-state index >= 15 is 0 Å². The number of aromatic nitrogens is 4. The van der Waals surface area contributed by atoms with E-state index in [1.54, 1.807) is 113 Å². The van der Waals surface area contributed by atoms with Crippen LogP contribution >= 0.6 is 23.5 Å². The van der Waals surface area contributed by atoms with Crippen LogP contribution in [0.1, 0.15) is 111 Å². The van der Waals surface area contributed by atoms with E-state index in [9.17, 15) is 50.8 Å². The zero-order valence-corrected chi connectivity index (χ0v) is 45.3. The Morgan fingerprint density at radius 3 is 1.37 bits per heavy atom. The number of carbonyl (C=O) groups excluding carboxylic acids is 4. The van der Waals surface area contributed by atoms with Crippen LogP contribution in [0.15, 0.2) is 84.9 Å². The van der Waals surface area contributed by atoms with Gasteiger partial charge in [-0.2, -0.15) is 65.3 Å². The molecule has 2 atom stereocenters. The molecule has 0 spiro atoms. The molecule has 0 radical (unpaired) electrons. The molecule has 2 aromatic heterocycles. The number of rotatable bonds is 16. The van der Waals surface area contributed by atoms with Gasteiger partial charge in [0.15, 0.2) is 11.4 Å². The van der Waals surface area contributed by atoms with Crippen molar-refractivity contribution in [1.29, 1.82) is 10.5 Å². The number of nitrogens with one attached hydrogen (secondary N) is 4. The Kier molecular flexibility index (Phi) is 23.5. The molecule has 0 bridgehead atoms. The monoisotopic (exact) mass is 1140 g/mol. The van der Waals surface area contributed by atoms with Crippen molar-refractivity contribution >= 4 is 58.5 Å². The van der Waals surface area contributed by atoms with Gasteiger partial charge in [0, 0.05) is 46.4 Å². The van der Waals surface area contributed by atoms with Gasteiger partial charge in [-0.05, 0) is 131 Å². The summed E-state index contributed by atoms with van der Waals surface area (Å²) in [6, 6.07) is 23.7. The third-order valence-corrected chi connectivity index (χ3v) is 12.9. The van der Waals surface area contributed by atoms with Crippen molar-refractivity contribution in [1.82, 2.24) is 30.2 Å². The molecule has 0 aliphatic heterocycles. The van der Waals surface area contributed by atoms with Crippen LogP contribution in [-0.2, 0) is 42.5 Å². The number of nitrogens with zero attached hydrogens (tertiary/aromatic N) is 6. The summed E-state index contributed by atoms with van der Waals surface area (Å²) in [5, 5.41) is 34.5. The number of benzene rings is 4. The molecular formula is C53H55CuF6N10O4S2. The van der Waals surface area contributed by atoms with Crippen LogP contribution in [0, 0.1) is 57.8 Å². The number of hydrogen-bond acceptors (Lipinski definition) is 10. The van der Waals surface area contributed by atoms with Gasteiger partial charge in [0.05, 0.1) is 47.0 Å². The molecule has 14 nitrogen and oxygen atoms in total. The van der Waals surface area contributed by atoms with Crippen molar-refractivity contribution in [2.24, 2.45) is 0 Å². The van der Waals surface area contributed by atoms with Crippen molar-refractivity contribution in [3.8, 4) is 6.07 Å². The molecule has 2 heterocycles. The van der Waals surface area contributed by atoms with E-state index in [0.29, 0.717) is 50.8 Å². The van der Waals surface area contributed by atoms with Crippen molar-refractivity contribution < 1.29 is 62.6 Å². The number of carbonyl (C=O) groups is 4. The molecule has 406 valence electrons. The van der Waals surface area contributed by atoms with Gasteiger partial charge in [-0.25, -0.2) is 0 Å². The van der Waals surface area contributed by atoms with E-state index in [1.807, 2.05) is 32.4 Å². The van der Waals surface area contributed by atoms with Gasteiger partial charge < -0.3 is 33.1 Å². The molecule has 0 saturated heterocycles. The van der Waals surface area contributed by atoms with E-state index in [2.05, 4.69) is 31.5 Å². The summed E-state index contributed by atoms with van der Waals surface area (Å²) in [4.78, 5) is 52.2. The second kappa shape index (κ2) is 28.2. The zero-order chi connectivity index (χ0) is 55.9. The normalized spacial score (nSPS) is 11.7. The van der Waals surface area contributed by atoms with Crippen LogP contribution in [0.3, 0.4) is 0 Å². The summed E-state index contributed by atoms with van der Waals surface area (Å²) in [7, 11) is 0. The molecule has 76 heavy (non-hydrogen) atoms. The zero-order valence-electron chi connectivity index (χ0n) is 42.8. The number of alkyl halides is 6. The number of aryl methyl sites for hydroxylation is 5. The van der Waals surface area contributed by atoms with Crippen molar-refractivity contribution in [3.05, 3.63) is 170 Å². The van der Waals surface area contributed by atoms with E-state index in [4.69, 9.17) is 11.8 Å². The minimum absolute atomic E-state index is 0. The van der Waals surface area contributed by atoms with Crippen LogP contribution in [0.25, 0.3) is 0 Å². The summed E-state index contributed by atoms with van der Waals surface area (Å²) >= 11 is 3.18. The van der Waals surface area contributed by atoms with Crippen molar-refractivity contribution in [2.45, 2.75) is 86.0 Å². The predicted molar refractivity (Wildman–Crippen MR) is 278 cm³/mol. The number of anilines is 2. The molecule has 0 saturated carbocycles. The first-order valence-electron chi connectivity index (χ1n) is 22.8. The first-order chi connectivity index (χ1) is 35.3. The van der Waals surface area contributed by atoms with Crippen molar-refractivity contribution in [2.75, 3.05) is 34.7 Å². The molecule has 0 unspecified atom stereocenters. The predicted octanol–water partition coefficient (Wildman–Crippen LogP) is 10.9. The van der Waals surface area contributed by atoms with Gasteiger partial charge in [0.1, 0.15) is 0 Å². The summed E-state index contributed by atoms with van der Waals surface area (Å²) in [6.45, 7) is 17.2. The molecule has 4 aromatic carbocycles. The SMILES string of the molecule is CSC[C@H](C)NC(=O)c1c(C#N)cccc1C(=O)Nc1ccc(Cn2nc(C(F)(F)F)cc2C)cc1C.CSC[C@H](C)NC(=O)c1c(C)cccc1C(=O)Nc1ccc(Cn2nc(C(F)(F)F)cc2C)cc1C.[C-]#N.[Cu+]. The Labute approximate surface area is 456 Å². The topological polar surface area (TPSA) is 200 Å². The van der Waals surface area contributed by atoms with E-state index < -0.39 is 41.5 Å². The van der Waals surface area contributed by atoms with Gasteiger partial charge in [-0.15, -0.1) is 0 Å². The van der Waals surface area contributed by atoms with Gasteiger partial charge in [-0.1, -0.05) is 42.5 Å². The third-order valence-electron chi connectivity index (χ3n) is 11.3. The largest absolute Gasteiger partial charge is 1.00 e. The molecule has 4 N–H and O–H groups in total. The molecule has 4 amide bonds. The number of hydrogen-bond donors (Lipinski definition) is 4. The van der Waals surface area contributed by atoms with Gasteiger partial charge >= 0.3 is 29.4 Å². The smallest absolute Gasteiger partial charge is 0.512 e. The van der Waals surface area contributed by atoms with E-state index in [-0.39, 0.29) is 70.4 Å². The molecular weight excluding hydrogens is 1080 g/mol. The average Bonchev–Trinajstić information content (AvgIpc) is 3.92. The molecule has 23 heteroatoms. The Balaban J connectivity index is 0.000000383. The minimum atomic E-state index is -4.52. The Bertz CT molecular complexity index is 3100. The molecule has 0 fully saturated rings.